The van der Waals surface area contributed by atoms with Gasteiger partial charge in [0.15, 0.2) is 0 Å². The second-order valence-corrected chi connectivity index (χ2v) is 9.81. The van der Waals surface area contributed by atoms with E-state index in [1.807, 2.05) is 0 Å². The summed E-state index contributed by atoms with van der Waals surface area (Å²) in [6.45, 7) is -0.0905. The lowest BCUT2D eigenvalue weighted by molar-refractivity contribution is -0.0884. The minimum absolute atomic E-state index is 0.134. The number of hydrogen-bond acceptors (Lipinski definition) is 6. The molecule has 0 spiro atoms. The Morgan fingerprint density at radius 1 is 1.18 bits per heavy atom. The lowest BCUT2D eigenvalue weighted by Gasteiger charge is -2.36. The van der Waals surface area contributed by atoms with Crippen LogP contribution < -0.4 is 20.1 Å². The largest absolute Gasteiger partial charge is 0.495 e. The molecular formula is C22H28ClN3O6S. The van der Waals surface area contributed by atoms with Crippen LogP contribution >= 0.6 is 11.6 Å². The molecule has 0 unspecified atom stereocenters. The number of carbonyl (C=O) groups excluding carboxylic acids is 1. The van der Waals surface area contributed by atoms with Gasteiger partial charge in [0.2, 0.25) is 10.0 Å². The van der Waals surface area contributed by atoms with Crippen molar-refractivity contribution in [3.05, 3.63) is 53.6 Å². The zero-order valence-electron chi connectivity index (χ0n) is 18.2. The Bertz CT molecular complexity index is 1030. The van der Waals surface area contributed by atoms with Crippen LogP contribution in [-0.2, 0) is 14.8 Å². The summed E-state index contributed by atoms with van der Waals surface area (Å²) in [7, 11) is -2.13. The minimum atomic E-state index is -3.65. The third kappa shape index (κ3) is 7.05. The van der Waals surface area contributed by atoms with Gasteiger partial charge >= 0.3 is 6.03 Å². The first-order chi connectivity index (χ1) is 15.8. The quantitative estimate of drug-likeness (QED) is 0.422. The molecule has 9 nitrogen and oxygen atoms in total. The van der Waals surface area contributed by atoms with Gasteiger partial charge in [-0.05, 0) is 55.7 Å². The Kier molecular flexibility index (Phi) is 8.93. The smallest absolute Gasteiger partial charge is 0.319 e. The average molecular weight is 498 g/mol. The molecule has 1 saturated heterocycles. The molecular weight excluding hydrogens is 470 g/mol. The highest BCUT2D eigenvalue weighted by Gasteiger charge is 2.32. The molecule has 3 atom stereocenters. The number of anilines is 1. The number of methoxy groups -OCH3 is 1. The van der Waals surface area contributed by atoms with Gasteiger partial charge in [-0.1, -0.05) is 23.7 Å². The highest BCUT2D eigenvalue weighted by molar-refractivity contribution is 7.89. The maximum atomic E-state index is 12.4. The van der Waals surface area contributed by atoms with E-state index in [0.29, 0.717) is 35.7 Å². The predicted molar refractivity (Wildman–Crippen MR) is 125 cm³/mol. The monoisotopic (exact) mass is 497 g/mol. The zero-order chi connectivity index (χ0) is 23.8. The Morgan fingerprint density at radius 2 is 1.91 bits per heavy atom. The van der Waals surface area contributed by atoms with Gasteiger partial charge in [-0.3, -0.25) is 0 Å². The summed E-state index contributed by atoms with van der Waals surface area (Å²) in [5, 5.41) is 15.8. The number of para-hydroxylation sites is 2. The summed E-state index contributed by atoms with van der Waals surface area (Å²) in [6, 6.07) is 12.1. The molecule has 2 aromatic rings. The van der Waals surface area contributed by atoms with Gasteiger partial charge in [0.25, 0.3) is 0 Å². The van der Waals surface area contributed by atoms with Crippen molar-refractivity contribution in [2.45, 2.75) is 42.4 Å². The summed E-state index contributed by atoms with van der Waals surface area (Å²) in [4.78, 5) is 12.6. The lowest BCUT2D eigenvalue weighted by atomic mass is 9.97. The van der Waals surface area contributed by atoms with Gasteiger partial charge in [0.1, 0.15) is 11.9 Å². The third-order valence-corrected chi connectivity index (χ3v) is 7.08. The lowest BCUT2D eigenvalue weighted by Crippen LogP contribution is -2.52. The van der Waals surface area contributed by atoms with E-state index in [9.17, 15) is 18.3 Å². The fourth-order valence-electron chi connectivity index (χ4n) is 3.64. The number of nitrogens with one attached hydrogen (secondary N) is 3. The van der Waals surface area contributed by atoms with Gasteiger partial charge in [-0.2, -0.15) is 0 Å². The van der Waals surface area contributed by atoms with E-state index >= 15 is 0 Å². The van der Waals surface area contributed by atoms with Gasteiger partial charge < -0.3 is 25.2 Å². The predicted octanol–water partition coefficient (Wildman–Crippen LogP) is 2.75. The Labute approximate surface area is 198 Å². The van der Waals surface area contributed by atoms with E-state index in [4.69, 9.17) is 21.1 Å². The van der Waals surface area contributed by atoms with Crippen molar-refractivity contribution in [3.63, 3.8) is 0 Å². The van der Waals surface area contributed by atoms with Gasteiger partial charge in [0, 0.05) is 11.6 Å². The molecule has 3 rings (SSSR count). The maximum Gasteiger partial charge on any atom is 0.319 e. The Balaban J connectivity index is 1.48. The molecule has 4 N–H and O–H groups in total. The summed E-state index contributed by atoms with van der Waals surface area (Å²) in [5.41, 5.74) is 0.528. The standard InChI is InChI=1S/C22H28ClN3O6S/c1-31-20-5-3-2-4-18(20)25-22(28)26-19-11-8-16(32-21(19)14-27)12-13-24-33(29,30)17-9-6-15(23)7-10-17/h2-7,9-10,16,19,21,24,27H,8,11-14H2,1H3,(H2,25,26,28)/t16-,19-,21+/m0/s1. The number of benzene rings is 2. The molecule has 1 fully saturated rings. The van der Waals surface area contributed by atoms with E-state index in [0.717, 1.165) is 0 Å². The van der Waals surface area contributed by atoms with Crippen LogP contribution in [0.4, 0.5) is 10.5 Å². The molecule has 0 aromatic heterocycles. The first kappa shape index (κ1) is 25.3. The van der Waals surface area contributed by atoms with Crippen LogP contribution in [0.5, 0.6) is 5.75 Å². The second kappa shape index (κ2) is 11.7. The van der Waals surface area contributed by atoms with Crippen molar-refractivity contribution >= 4 is 33.3 Å². The van der Waals surface area contributed by atoms with E-state index in [1.54, 1.807) is 24.3 Å². The van der Waals surface area contributed by atoms with Crippen molar-refractivity contribution in [2.24, 2.45) is 0 Å². The van der Waals surface area contributed by atoms with Crippen molar-refractivity contribution in [1.82, 2.24) is 10.0 Å². The molecule has 1 aliphatic heterocycles. The number of hydrogen-bond donors (Lipinski definition) is 4. The molecule has 0 aliphatic carbocycles. The minimum Gasteiger partial charge on any atom is -0.495 e. The van der Waals surface area contributed by atoms with Crippen LogP contribution in [0.3, 0.4) is 0 Å². The third-order valence-electron chi connectivity index (χ3n) is 5.35. The number of aliphatic hydroxyl groups is 1. The Hall–Kier alpha value is -2.37. The maximum absolute atomic E-state index is 12.4. The van der Waals surface area contributed by atoms with Crippen molar-refractivity contribution in [1.29, 1.82) is 0 Å². The van der Waals surface area contributed by atoms with Gasteiger partial charge in [0.05, 0.1) is 36.4 Å². The Morgan fingerprint density at radius 3 is 2.61 bits per heavy atom. The molecule has 0 radical (unpaired) electrons. The molecule has 2 amide bonds. The van der Waals surface area contributed by atoms with E-state index in [-0.39, 0.29) is 30.2 Å². The van der Waals surface area contributed by atoms with E-state index < -0.39 is 22.2 Å². The van der Waals surface area contributed by atoms with Crippen LogP contribution in [-0.4, -0.2) is 58.1 Å². The molecule has 11 heteroatoms. The molecule has 1 aliphatic rings. The van der Waals surface area contributed by atoms with Gasteiger partial charge in [-0.25, -0.2) is 17.9 Å². The molecule has 0 saturated carbocycles. The summed E-state index contributed by atoms with van der Waals surface area (Å²) in [5.74, 6) is 0.535. The first-order valence-electron chi connectivity index (χ1n) is 10.5. The molecule has 180 valence electrons. The number of carbonyl (C=O) groups is 1. The number of urea groups is 1. The number of halogens is 1. The fourth-order valence-corrected chi connectivity index (χ4v) is 4.81. The molecule has 2 aromatic carbocycles. The van der Waals surface area contributed by atoms with E-state index in [2.05, 4.69) is 15.4 Å². The second-order valence-electron chi connectivity index (χ2n) is 7.60. The average Bonchev–Trinajstić information content (AvgIpc) is 2.80. The van der Waals surface area contributed by atoms with Crippen LogP contribution in [0.25, 0.3) is 0 Å². The summed E-state index contributed by atoms with van der Waals surface area (Å²) < 4.78 is 38.4. The van der Waals surface area contributed by atoms with Crippen LogP contribution in [0.2, 0.25) is 5.02 Å². The van der Waals surface area contributed by atoms with Crippen molar-refractivity contribution in [2.75, 3.05) is 25.6 Å². The van der Waals surface area contributed by atoms with E-state index in [1.165, 1.54) is 31.4 Å². The van der Waals surface area contributed by atoms with Crippen molar-refractivity contribution < 1.29 is 27.8 Å². The summed E-state index contributed by atoms with van der Waals surface area (Å²) >= 11 is 5.80. The van der Waals surface area contributed by atoms with Crippen LogP contribution in [0.15, 0.2) is 53.4 Å². The first-order valence-corrected chi connectivity index (χ1v) is 12.4. The zero-order valence-corrected chi connectivity index (χ0v) is 19.7. The topological polar surface area (TPSA) is 126 Å². The fraction of sp³-hybridized carbons (Fsp3) is 0.409. The number of rotatable bonds is 9. The van der Waals surface area contributed by atoms with Crippen LogP contribution in [0.1, 0.15) is 19.3 Å². The molecule has 33 heavy (non-hydrogen) atoms. The number of aliphatic hydroxyl groups excluding tert-OH is 1. The summed E-state index contributed by atoms with van der Waals surface area (Å²) in [6.07, 6.45) is 0.784. The highest BCUT2D eigenvalue weighted by atomic mass is 35.5. The highest BCUT2D eigenvalue weighted by Crippen LogP contribution is 2.24. The molecule has 1 heterocycles. The van der Waals surface area contributed by atoms with Crippen molar-refractivity contribution in [3.8, 4) is 5.75 Å². The normalized spacial score (nSPS) is 20.8. The number of amides is 2. The number of sulfonamides is 1. The van der Waals surface area contributed by atoms with Gasteiger partial charge in [-0.15, -0.1) is 0 Å². The molecule has 0 bridgehead atoms. The number of ether oxygens (including phenoxy) is 2. The van der Waals surface area contributed by atoms with Crippen LogP contribution in [0, 0.1) is 0 Å². The SMILES string of the molecule is COc1ccccc1NC(=O)N[C@H]1CC[C@@H](CCNS(=O)(=O)c2ccc(Cl)cc2)O[C@@H]1CO.